The van der Waals surface area contributed by atoms with Gasteiger partial charge in [-0.15, -0.1) is 0 Å². The van der Waals surface area contributed by atoms with Crippen LogP contribution in [0.1, 0.15) is 0 Å². The van der Waals surface area contributed by atoms with Crippen molar-refractivity contribution >= 4 is 57.1 Å². The summed E-state index contributed by atoms with van der Waals surface area (Å²) in [7, 11) is 0. The van der Waals surface area contributed by atoms with Gasteiger partial charge in [-0.3, -0.25) is 65.8 Å². The first-order valence-electron chi connectivity index (χ1n) is 9.12. The van der Waals surface area contributed by atoms with Gasteiger partial charge in [-0.25, -0.2) is 0 Å². The summed E-state index contributed by atoms with van der Waals surface area (Å²) in [6, 6.07) is 2.79. The number of hydrogen-bond acceptors (Lipinski definition) is 15. The molecule has 0 aliphatic rings. The molecule has 1 heterocycles. The van der Waals surface area contributed by atoms with Crippen LogP contribution in [0.5, 0.6) is 0 Å². The highest BCUT2D eigenvalue weighted by Gasteiger charge is 2.33. The Bertz CT molecular complexity index is 1340. The van der Waals surface area contributed by atoms with Gasteiger partial charge in [0.1, 0.15) is 5.82 Å². The van der Waals surface area contributed by atoms with Crippen LogP contribution in [0, 0.1) is 60.7 Å². The topological polar surface area (TPSA) is 312 Å². The van der Waals surface area contributed by atoms with Gasteiger partial charge in [0.2, 0.25) is 0 Å². The maximum atomic E-state index is 11.4. The highest BCUT2D eigenvalue weighted by atomic mass is 16.6. The van der Waals surface area contributed by atoms with Gasteiger partial charge in [0.15, 0.2) is 17.2 Å². The minimum absolute atomic E-state index is 0.324. The average molecular weight is 520 g/mol. The van der Waals surface area contributed by atoms with Crippen molar-refractivity contribution in [2.24, 2.45) is 0 Å². The Labute approximate surface area is 199 Å². The highest BCUT2D eigenvalue weighted by molar-refractivity contribution is 5.83. The fourth-order valence-electron chi connectivity index (χ4n) is 2.95. The lowest BCUT2D eigenvalue weighted by Gasteiger charge is -2.06. The summed E-state index contributed by atoms with van der Waals surface area (Å²) in [5.74, 6) is -0.718. The van der Waals surface area contributed by atoms with Crippen LogP contribution in [0.4, 0.5) is 57.1 Å². The molecule has 3 N–H and O–H groups in total. The largest absolute Gasteiger partial charge is 0.329 e. The number of hydrogen-bond donors (Lipinski definition) is 3. The number of nitrogens with zero attached hydrogens (tertiary/aromatic N) is 7. The van der Waals surface area contributed by atoms with Crippen molar-refractivity contribution in [3.05, 3.63) is 91.0 Å². The van der Waals surface area contributed by atoms with Crippen molar-refractivity contribution in [2.45, 2.75) is 0 Å². The molecule has 22 nitrogen and oxygen atoms in total. The first-order chi connectivity index (χ1) is 17.3. The van der Waals surface area contributed by atoms with Crippen LogP contribution >= 0.6 is 0 Å². The van der Waals surface area contributed by atoms with E-state index < -0.39 is 80.9 Å². The number of nitro groups is 6. The van der Waals surface area contributed by atoms with Crippen molar-refractivity contribution in [2.75, 3.05) is 10.6 Å². The molecule has 3 aromatic rings. The molecule has 0 aliphatic heterocycles. The Kier molecular flexibility index (Phi) is 6.48. The van der Waals surface area contributed by atoms with Crippen LogP contribution in [0.3, 0.4) is 0 Å². The van der Waals surface area contributed by atoms with Gasteiger partial charge in [-0.05, 0) is 0 Å². The van der Waals surface area contributed by atoms with Gasteiger partial charge in [-0.2, -0.15) is 5.10 Å². The zero-order valence-corrected chi connectivity index (χ0v) is 17.4. The Balaban J connectivity index is 2.06. The lowest BCUT2D eigenvalue weighted by Crippen LogP contribution is -2.04. The number of aromatic amines is 1. The van der Waals surface area contributed by atoms with Crippen LogP contribution in [0.2, 0.25) is 0 Å². The first-order valence-corrected chi connectivity index (χ1v) is 9.12. The molecule has 0 fully saturated rings. The fraction of sp³-hybridized carbons (Fsp3) is 0. The molecule has 0 amide bonds. The molecule has 0 spiro atoms. The monoisotopic (exact) mass is 520 g/mol. The summed E-state index contributed by atoms with van der Waals surface area (Å²) < 4.78 is 0. The van der Waals surface area contributed by atoms with E-state index in [1.807, 2.05) is 0 Å². The third-order valence-electron chi connectivity index (χ3n) is 4.46. The van der Waals surface area contributed by atoms with E-state index >= 15 is 0 Å². The predicted octanol–water partition coefficient (Wildman–Crippen LogP) is 3.35. The number of non-ortho nitro benzene ring substituents is 2. The zero-order valence-electron chi connectivity index (χ0n) is 17.4. The summed E-state index contributed by atoms with van der Waals surface area (Å²) in [5.41, 5.74) is -7.67. The van der Waals surface area contributed by atoms with Crippen LogP contribution in [-0.4, -0.2) is 39.7 Å². The van der Waals surface area contributed by atoms with Gasteiger partial charge < -0.3 is 10.6 Å². The third-order valence-corrected chi connectivity index (χ3v) is 4.46. The van der Waals surface area contributed by atoms with E-state index in [-0.39, 0.29) is 5.82 Å². The second kappa shape index (κ2) is 9.49. The summed E-state index contributed by atoms with van der Waals surface area (Å²) in [6.45, 7) is 0. The van der Waals surface area contributed by atoms with Crippen molar-refractivity contribution in [3.63, 3.8) is 0 Å². The molecular weight excluding hydrogens is 512 g/mol. The van der Waals surface area contributed by atoms with Crippen molar-refractivity contribution in [1.82, 2.24) is 10.2 Å². The third kappa shape index (κ3) is 5.10. The molecule has 0 atom stereocenters. The van der Waals surface area contributed by atoms with Crippen LogP contribution < -0.4 is 10.6 Å². The van der Waals surface area contributed by atoms with Crippen molar-refractivity contribution < 1.29 is 29.5 Å². The summed E-state index contributed by atoms with van der Waals surface area (Å²) in [4.78, 5) is 60.9. The number of nitro benzene ring substituents is 6. The van der Waals surface area contributed by atoms with E-state index in [2.05, 4.69) is 20.8 Å². The van der Waals surface area contributed by atoms with E-state index in [9.17, 15) is 60.7 Å². The molecular formula is C15H8N10O12. The predicted molar refractivity (Wildman–Crippen MR) is 118 cm³/mol. The molecule has 3 rings (SSSR count). The second-order valence-corrected chi connectivity index (χ2v) is 6.68. The fourth-order valence-corrected chi connectivity index (χ4v) is 2.95. The number of nitrogens with one attached hydrogen (secondary N) is 3. The van der Waals surface area contributed by atoms with Crippen molar-refractivity contribution in [3.8, 4) is 0 Å². The number of benzene rings is 2. The summed E-state index contributed by atoms with van der Waals surface area (Å²) in [5, 5.41) is 77.9. The molecule has 0 aliphatic carbocycles. The number of H-pyrrole nitrogens is 1. The van der Waals surface area contributed by atoms with Gasteiger partial charge in [0.05, 0.1) is 53.8 Å². The molecule has 0 bridgehead atoms. The molecule has 1 aromatic heterocycles. The van der Waals surface area contributed by atoms with Crippen LogP contribution in [0.15, 0.2) is 30.3 Å². The Morgan fingerprint density at radius 2 is 0.892 bits per heavy atom. The SMILES string of the molecule is O=[N+]([O-])c1cc([N+](=O)[O-])c(Nc2cc(Nc3c([N+](=O)[O-])cc([N+](=O)[O-])cc3[N+](=O)[O-])[nH]n2)c([N+](=O)[O-])c1. The smallest absolute Gasteiger partial charge is 0.306 e. The van der Waals surface area contributed by atoms with Gasteiger partial charge in [0, 0.05) is 6.07 Å². The molecule has 2 aromatic carbocycles. The van der Waals surface area contributed by atoms with Gasteiger partial charge in [-0.1, -0.05) is 0 Å². The van der Waals surface area contributed by atoms with E-state index in [1.54, 1.807) is 0 Å². The maximum absolute atomic E-state index is 11.4. The lowest BCUT2D eigenvalue weighted by atomic mass is 10.2. The quantitative estimate of drug-likeness (QED) is 0.255. The molecule has 190 valence electrons. The maximum Gasteiger partial charge on any atom is 0.306 e. The lowest BCUT2D eigenvalue weighted by molar-refractivity contribution is -0.402. The minimum Gasteiger partial charge on any atom is -0.329 e. The molecule has 0 saturated carbocycles. The summed E-state index contributed by atoms with van der Waals surface area (Å²) in [6.07, 6.45) is 0. The van der Waals surface area contributed by atoms with E-state index in [4.69, 9.17) is 0 Å². The van der Waals surface area contributed by atoms with Crippen molar-refractivity contribution in [1.29, 1.82) is 0 Å². The average Bonchev–Trinajstić information content (AvgIpc) is 3.24. The van der Waals surface area contributed by atoms with Gasteiger partial charge in [0.25, 0.3) is 11.4 Å². The number of rotatable bonds is 10. The molecule has 0 radical (unpaired) electrons. The second-order valence-electron chi connectivity index (χ2n) is 6.68. The van der Waals surface area contributed by atoms with E-state index in [0.29, 0.717) is 24.3 Å². The molecule has 37 heavy (non-hydrogen) atoms. The Morgan fingerprint density at radius 1 is 0.541 bits per heavy atom. The van der Waals surface area contributed by atoms with Gasteiger partial charge >= 0.3 is 22.7 Å². The van der Waals surface area contributed by atoms with E-state index in [1.165, 1.54) is 0 Å². The summed E-state index contributed by atoms with van der Waals surface area (Å²) >= 11 is 0. The number of aromatic nitrogens is 2. The minimum atomic E-state index is -1.13. The standard InChI is InChI=1S/C15H8N10O12/c26-20(27)6-1-8(22(30)31)14(9(2-6)23(32)33)16-12-5-13(19-18-12)17-15-10(24(34)35)3-7(21(28)29)4-11(15)25(36)37/h1-5H,(H3,16,17,18,19). The van der Waals surface area contributed by atoms with Crippen LogP contribution in [0.25, 0.3) is 0 Å². The molecule has 22 heteroatoms. The zero-order chi connectivity index (χ0) is 27.6. The first kappa shape index (κ1) is 25.3. The number of anilines is 4. The highest BCUT2D eigenvalue weighted by Crippen LogP contribution is 2.42. The van der Waals surface area contributed by atoms with E-state index in [0.717, 1.165) is 6.07 Å². The normalized spacial score (nSPS) is 10.4. The van der Waals surface area contributed by atoms with Crippen LogP contribution in [-0.2, 0) is 0 Å². The Hall–Kier alpha value is -6.35. The Morgan fingerprint density at radius 3 is 1.22 bits per heavy atom. The molecule has 0 saturated heterocycles. The molecule has 0 unspecified atom stereocenters.